The number of thiazole rings is 1. The molecule has 0 saturated carbocycles. The fraction of sp³-hybridized carbons (Fsp3) is 0.630. The number of rotatable bonds is 14. The maximum absolute atomic E-state index is 13.4. The Kier molecular flexibility index (Phi) is 11.8. The number of carbonyl (C=O) groups is 3. The SMILES string of the molecule is CCC(=O)N[C@@H](Cc1nc2ccc(CC)cc2s1)C(=O)N[C@H](CNC(=O)C(C)CN(C)C)[C@@H](C)CC. The molecule has 36 heavy (non-hydrogen) atoms. The number of carbonyl (C=O) groups excluding carboxylic acids is 3. The van der Waals surface area contributed by atoms with Gasteiger partial charge >= 0.3 is 0 Å². The minimum Gasteiger partial charge on any atom is -0.354 e. The lowest BCUT2D eigenvalue weighted by Gasteiger charge is -2.28. The second kappa shape index (κ2) is 14.3. The summed E-state index contributed by atoms with van der Waals surface area (Å²) in [5, 5.41) is 9.78. The highest BCUT2D eigenvalue weighted by molar-refractivity contribution is 7.18. The minimum absolute atomic E-state index is 0.0389. The number of aryl methyl sites for hydroxylation is 1. The van der Waals surface area contributed by atoms with Crippen molar-refractivity contribution < 1.29 is 14.4 Å². The van der Waals surface area contributed by atoms with Gasteiger partial charge in [0.1, 0.15) is 6.04 Å². The molecule has 0 fully saturated rings. The average Bonchev–Trinajstić information content (AvgIpc) is 3.25. The summed E-state index contributed by atoms with van der Waals surface area (Å²) >= 11 is 1.56. The van der Waals surface area contributed by atoms with Crippen LogP contribution in [0.1, 0.15) is 58.0 Å². The molecule has 200 valence electrons. The van der Waals surface area contributed by atoms with Crippen molar-refractivity contribution in [1.82, 2.24) is 25.8 Å². The Hall–Kier alpha value is -2.52. The van der Waals surface area contributed by atoms with E-state index in [1.165, 1.54) is 5.56 Å². The standard InChI is InChI=1S/C27H43N5O3S/c1-8-17(4)22(15-28-26(34)18(5)16-32(6)7)31-27(35)21(29-24(33)10-3)14-25-30-20-12-11-19(9-2)13-23(20)36-25/h11-13,17-18,21-22H,8-10,14-16H2,1-7H3,(H,28,34)(H,29,33)(H,31,35)/t17-,18?,21-,22+/m0/s1. The van der Waals surface area contributed by atoms with Crippen molar-refractivity contribution >= 4 is 39.3 Å². The van der Waals surface area contributed by atoms with Crippen molar-refractivity contribution in [1.29, 1.82) is 0 Å². The quantitative estimate of drug-likeness (QED) is 0.357. The van der Waals surface area contributed by atoms with Gasteiger partial charge in [0.05, 0.1) is 15.2 Å². The Labute approximate surface area is 219 Å². The fourth-order valence-corrected chi connectivity index (χ4v) is 5.06. The molecule has 0 radical (unpaired) electrons. The van der Waals surface area contributed by atoms with Crippen molar-refractivity contribution in [3.63, 3.8) is 0 Å². The summed E-state index contributed by atoms with van der Waals surface area (Å²) in [6.45, 7) is 10.9. The maximum atomic E-state index is 13.4. The summed E-state index contributed by atoms with van der Waals surface area (Å²) in [7, 11) is 3.87. The highest BCUT2D eigenvalue weighted by Gasteiger charge is 2.27. The lowest BCUT2D eigenvalue weighted by atomic mass is 9.98. The van der Waals surface area contributed by atoms with E-state index in [0.29, 0.717) is 19.5 Å². The van der Waals surface area contributed by atoms with Crippen molar-refractivity contribution in [2.45, 2.75) is 72.4 Å². The van der Waals surface area contributed by atoms with Crippen molar-refractivity contribution in [3.8, 4) is 0 Å². The monoisotopic (exact) mass is 517 g/mol. The zero-order valence-corrected chi connectivity index (χ0v) is 23.6. The van der Waals surface area contributed by atoms with E-state index in [-0.39, 0.29) is 42.0 Å². The molecule has 8 nitrogen and oxygen atoms in total. The van der Waals surface area contributed by atoms with Gasteiger partial charge in [-0.1, -0.05) is 47.1 Å². The van der Waals surface area contributed by atoms with Crippen LogP contribution in [0.5, 0.6) is 0 Å². The number of amides is 3. The first-order valence-electron chi connectivity index (χ1n) is 13.0. The molecule has 2 aromatic rings. The van der Waals surface area contributed by atoms with Crippen LogP contribution in [0.15, 0.2) is 18.2 Å². The average molecular weight is 518 g/mol. The number of nitrogens with one attached hydrogen (secondary N) is 3. The largest absolute Gasteiger partial charge is 0.354 e. The molecule has 0 spiro atoms. The highest BCUT2D eigenvalue weighted by atomic mass is 32.1. The van der Waals surface area contributed by atoms with Crippen LogP contribution in [0, 0.1) is 11.8 Å². The van der Waals surface area contributed by atoms with E-state index in [0.717, 1.165) is 28.1 Å². The van der Waals surface area contributed by atoms with Gasteiger partial charge in [-0.15, -0.1) is 11.3 Å². The molecular formula is C27H43N5O3S. The highest BCUT2D eigenvalue weighted by Crippen LogP contribution is 2.24. The second-order valence-corrected chi connectivity index (χ2v) is 11.0. The Morgan fingerprint density at radius 1 is 1.06 bits per heavy atom. The molecule has 3 amide bonds. The van der Waals surface area contributed by atoms with Crippen LogP contribution in [-0.2, 0) is 27.2 Å². The van der Waals surface area contributed by atoms with Gasteiger partial charge in [-0.25, -0.2) is 4.98 Å². The molecule has 0 aliphatic carbocycles. The first kappa shape index (κ1) is 29.7. The molecule has 3 N–H and O–H groups in total. The number of fused-ring (bicyclic) bond motifs is 1. The van der Waals surface area contributed by atoms with Crippen LogP contribution in [0.2, 0.25) is 0 Å². The van der Waals surface area contributed by atoms with Crippen molar-refractivity contribution in [2.75, 3.05) is 27.2 Å². The predicted molar refractivity (Wildman–Crippen MR) is 147 cm³/mol. The van der Waals surface area contributed by atoms with E-state index in [1.54, 1.807) is 18.3 Å². The van der Waals surface area contributed by atoms with Gasteiger partial charge in [-0.05, 0) is 44.1 Å². The zero-order valence-electron chi connectivity index (χ0n) is 22.8. The first-order valence-corrected chi connectivity index (χ1v) is 13.8. The number of hydrogen-bond donors (Lipinski definition) is 3. The van der Waals surface area contributed by atoms with Crippen LogP contribution >= 0.6 is 11.3 Å². The molecule has 0 saturated heterocycles. The minimum atomic E-state index is -0.737. The summed E-state index contributed by atoms with van der Waals surface area (Å²) in [6.07, 6.45) is 2.40. The summed E-state index contributed by atoms with van der Waals surface area (Å²) in [6, 6.07) is 5.22. The number of benzene rings is 1. The molecule has 0 aliphatic heterocycles. The van der Waals surface area contributed by atoms with Gasteiger partial charge in [0.15, 0.2) is 0 Å². The van der Waals surface area contributed by atoms with Crippen LogP contribution in [-0.4, -0.2) is 66.9 Å². The molecule has 0 bridgehead atoms. The van der Waals surface area contributed by atoms with Gasteiger partial charge < -0.3 is 20.9 Å². The maximum Gasteiger partial charge on any atom is 0.243 e. The van der Waals surface area contributed by atoms with E-state index < -0.39 is 6.04 Å². The molecule has 1 aromatic heterocycles. The van der Waals surface area contributed by atoms with Gasteiger partial charge in [0, 0.05) is 37.9 Å². The number of aromatic nitrogens is 1. The Balaban J connectivity index is 2.15. The van der Waals surface area contributed by atoms with E-state index in [4.69, 9.17) is 4.98 Å². The number of nitrogens with zero attached hydrogens (tertiary/aromatic N) is 2. The lowest BCUT2D eigenvalue weighted by molar-refractivity contribution is -0.129. The molecule has 1 unspecified atom stereocenters. The van der Waals surface area contributed by atoms with Gasteiger partial charge in [0.25, 0.3) is 0 Å². The molecule has 1 heterocycles. The lowest BCUT2D eigenvalue weighted by Crippen LogP contribution is -2.55. The van der Waals surface area contributed by atoms with Crippen LogP contribution in [0.4, 0.5) is 0 Å². The van der Waals surface area contributed by atoms with Crippen molar-refractivity contribution in [3.05, 3.63) is 28.8 Å². The Morgan fingerprint density at radius 2 is 1.78 bits per heavy atom. The molecule has 2 rings (SSSR count). The van der Waals surface area contributed by atoms with Gasteiger partial charge in [0.2, 0.25) is 17.7 Å². The summed E-state index contributed by atoms with van der Waals surface area (Å²) in [4.78, 5) is 44.9. The van der Waals surface area contributed by atoms with Crippen LogP contribution in [0.3, 0.4) is 0 Å². The van der Waals surface area contributed by atoms with E-state index >= 15 is 0 Å². The van der Waals surface area contributed by atoms with E-state index in [9.17, 15) is 14.4 Å². The Morgan fingerprint density at radius 3 is 2.39 bits per heavy atom. The third-order valence-electron chi connectivity index (χ3n) is 6.50. The van der Waals surface area contributed by atoms with Crippen LogP contribution in [0.25, 0.3) is 10.2 Å². The summed E-state index contributed by atoms with van der Waals surface area (Å²) in [5.41, 5.74) is 2.14. The van der Waals surface area contributed by atoms with Gasteiger partial charge in [-0.3, -0.25) is 14.4 Å². The topological polar surface area (TPSA) is 103 Å². The zero-order chi connectivity index (χ0) is 26.8. The first-order chi connectivity index (χ1) is 17.1. The summed E-state index contributed by atoms with van der Waals surface area (Å²) < 4.78 is 1.08. The number of hydrogen-bond acceptors (Lipinski definition) is 6. The third-order valence-corrected chi connectivity index (χ3v) is 7.54. The molecule has 9 heteroatoms. The second-order valence-electron chi connectivity index (χ2n) is 9.85. The molecular weight excluding hydrogens is 474 g/mol. The molecule has 1 aromatic carbocycles. The Bertz CT molecular complexity index is 1020. The molecule has 4 atom stereocenters. The van der Waals surface area contributed by atoms with Crippen molar-refractivity contribution in [2.24, 2.45) is 11.8 Å². The van der Waals surface area contributed by atoms with Gasteiger partial charge in [-0.2, -0.15) is 0 Å². The normalized spacial score (nSPS) is 14.8. The fourth-order valence-electron chi connectivity index (χ4n) is 3.98. The summed E-state index contributed by atoms with van der Waals surface area (Å²) in [5.74, 6) is -0.488. The van der Waals surface area contributed by atoms with Crippen LogP contribution < -0.4 is 16.0 Å². The third kappa shape index (κ3) is 8.85. The predicted octanol–water partition coefficient (Wildman–Crippen LogP) is 3.14. The van der Waals surface area contributed by atoms with E-state index in [1.807, 2.05) is 32.0 Å². The van der Waals surface area contributed by atoms with E-state index in [2.05, 4.69) is 48.9 Å². The molecule has 0 aliphatic rings. The smallest absolute Gasteiger partial charge is 0.243 e.